The molecule has 0 bridgehead atoms. The predicted octanol–water partition coefficient (Wildman–Crippen LogP) is 4.15. The highest BCUT2D eigenvalue weighted by Crippen LogP contribution is 2.30. The Morgan fingerprint density at radius 3 is 2.55 bits per heavy atom. The number of esters is 1. The molecular weight excluding hydrogens is 415 g/mol. The molecule has 3 rings (SSSR count). The normalized spacial score (nSPS) is 16.1. The third-order valence-electron chi connectivity index (χ3n) is 4.82. The highest BCUT2D eigenvalue weighted by molar-refractivity contribution is 6.35. The fraction of sp³-hybridized carbons (Fsp3) is 0.286. The maximum absolute atomic E-state index is 12.4. The van der Waals surface area contributed by atoms with Gasteiger partial charge in [0.05, 0.1) is 5.92 Å². The Labute approximate surface area is 178 Å². The van der Waals surface area contributed by atoms with E-state index in [0.29, 0.717) is 15.7 Å². The van der Waals surface area contributed by atoms with E-state index in [1.165, 1.54) is 18.2 Å². The van der Waals surface area contributed by atoms with Crippen LogP contribution in [0.1, 0.15) is 17.5 Å². The fourth-order valence-corrected chi connectivity index (χ4v) is 3.73. The van der Waals surface area contributed by atoms with Crippen LogP contribution in [0.25, 0.3) is 0 Å². The van der Waals surface area contributed by atoms with E-state index in [0.717, 1.165) is 16.8 Å². The number of rotatable bonds is 5. The minimum absolute atomic E-state index is 0.0533. The van der Waals surface area contributed by atoms with Gasteiger partial charge in [-0.1, -0.05) is 35.3 Å². The Morgan fingerprint density at radius 2 is 1.86 bits per heavy atom. The molecular formula is C21H20Cl2N2O4. The van der Waals surface area contributed by atoms with Crippen molar-refractivity contribution < 1.29 is 19.1 Å². The largest absolute Gasteiger partial charge is 0.455 e. The van der Waals surface area contributed by atoms with Gasteiger partial charge >= 0.3 is 5.97 Å². The van der Waals surface area contributed by atoms with E-state index in [9.17, 15) is 14.4 Å². The van der Waals surface area contributed by atoms with Crippen molar-refractivity contribution in [3.8, 4) is 0 Å². The van der Waals surface area contributed by atoms with E-state index in [1.807, 2.05) is 32.0 Å². The standard InChI is InChI=1S/C21H20Cl2N2O4/c1-12-4-3-5-18(13(12)2)25-10-14(6-20(25)27)21(28)29-11-19(26)24-17-8-15(22)7-16(23)9-17/h3-5,7-9,14H,6,10-11H2,1-2H3,(H,24,26)/t14-/m0/s1. The molecule has 1 heterocycles. The SMILES string of the molecule is Cc1cccc(N2C[C@@H](C(=O)OCC(=O)Nc3cc(Cl)cc(Cl)c3)CC2=O)c1C. The number of nitrogens with one attached hydrogen (secondary N) is 1. The lowest BCUT2D eigenvalue weighted by atomic mass is 10.1. The van der Waals surface area contributed by atoms with Gasteiger partial charge in [-0.3, -0.25) is 14.4 Å². The molecule has 1 aliphatic heterocycles. The molecule has 2 aromatic rings. The zero-order chi connectivity index (χ0) is 21.1. The lowest BCUT2D eigenvalue weighted by Gasteiger charge is -2.20. The minimum atomic E-state index is -0.615. The molecule has 29 heavy (non-hydrogen) atoms. The topological polar surface area (TPSA) is 75.7 Å². The third kappa shape index (κ3) is 5.08. The van der Waals surface area contributed by atoms with Crippen LogP contribution in [0.3, 0.4) is 0 Å². The number of carbonyl (C=O) groups is 3. The third-order valence-corrected chi connectivity index (χ3v) is 5.25. The van der Waals surface area contributed by atoms with Crippen LogP contribution < -0.4 is 10.2 Å². The molecule has 0 radical (unpaired) electrons. The summed E-state index contributed by atoms with van der Waals surface area (Å²) in [6.07, 6.45) is 0.0533. The van der Waals surface area contributed by atoms with E-state index in [1.54, 1.807) is 4.90 Å². The number of benzene rings is 2. The Hall–Kier alpha value is -2.57. The first-order valence-corrected chi connectivity index (χ1v) is 9.79. The second-order valence-corrected chi connectivity index (χ2v) is 7.81. The first-order valence-electron chi connectivity index (χ1n) is 9.03. The van der Waals surface area contributed by atoms with Crippen LogP contribution in [0.5, 0.6) is 0 Å². The maximum atomic E-state index is 12.4. The molecule has 0 unspecified atom stereocenters. The number of hydrogen-bond acceptors (Lipinski definition) is 4. The zero-order valence-electron chi connectivity index (χ0n) is 16.0. The number of nitrogens with zero attached hydrogens (tertiary/aromatic N) is 1. The molecule has 152 valence electrons. The number of amides is 2. The lowest BCUT2D eigenvalue weighted by Crippen LogP contribution is -2.28. The summed E-state index contributed by atoms with van der Waals surface area (Å²) in [6, 6.07) is 10.3. The van der Waals surface area contributed by atoms with Gasteiger partial charge in [-0.05, 0) is 49.2 Å². The highest BCUT2D eigenvalue weighted by atomic mass is 35.5. The number of anilines is 2. The van der Waals surface area contributed by atoms with Crippen molar-refractivity contribution in [1.29, 1.82) is 0 Å². The van der Waals surface area contributed by atoms with Crippen molar-refractivity contribution in [3.05, 3.63) is 57.6 Å². The molecule has 0 aliphatic carbocycles. The highest BCUT2D eigenvalue weighted by Gasteiger charge is 2.37. The molecule has 0 aromatic heterocycles. The Balaban J connectivity index is 1.56. The second kappa shape index (κ2) is 8.84. The van der Waals surface area contributed by atoms with E-state index in [2.05, 4.69) is 5.32 Å². The van der Waals surface area contributed by atoms with Crippen molar-refractivity contribution in [2.75, 3.05) is 23.4 Å². The summed E-state index contributed by atoms with van der Waals surface area (Å²) in [5.41, 5.74) is 3.26. The number of carbonyl (C=O) groups excluding carboxylic acids is 3. The Morgan fingerprint density at radius 1 is 1.17 bits per heavy atom. The molecule has 6 nitrogen and oxygen atoms in total. The van der Waals surface area contributed by atoms with Crippen molar-refractivity contribution in [2.45, 2.75) is 20.3 Å². The molecule has 8 heteroatoms. The maximum Gasteiger partial charge on any atom is 0.311 e. The van der Waals surface area contributed by atoms with E-state index in [-0.39, 0.29) is 18.9 Å². The van der Waals surface area contributed by atoms with Gasteiger partial charge in [-0.2, -0.15) is 0 Å². The summed E-state index contributed by atoms with van der Waals surface area (Å²) in [7, 11) is 0. The summed E-state index contributed by atoms with van der Waals surface area (Å²) in [5.74, 6) is -1.85. The minimum Gasteiger partial charge on any atom is -0.455 e. The van der Waals surface area contributed by atoms with Crippen LogP contribution in [0.4, 0.5) is 11.4 Å². The second-order valence-electron chi connectivity index (χ2n) is 6.94. The molecule has 1 saturated heterocycles. The molecule has 1 aliphatic rings. The van der Waals surface area contributed by atoms with Gasteiger partial charge in [0, 0.05) is 34.4 Å². The molecule has 0 spiro atoms. The molecule has 1 atom stereocenters. The van der Waals surface area contributed by atoms with E-state index >= 15 is 0 Å². The van der Waals surface area contributed by atoms with Crippen molar-refractivity contribution >= 4 is 52.4 Å². The molecule has 1 fully saturated rings. The number of aryl methyl sites for hydroxylation is 1. The summed E-state index contributed by atoms with van der Waals surface area (Å²) >= 11 is 11.8. The quantitative estimate of drug-likeness (QED) is 0.717. The number of ether oxygens (including phenoxy) is 1. The van der Waals surface area contributed by atoms with Crippen LogP contribution in [0.15, 0.2) is 36.4 Å². The first kappa shape index (κ1) is 21.1. The summed E-state index contributed by atoms with van der Waals surface area (Å²) in [4.78, 5) is 38.4. The van der Waals surface area contributed by atoms with E-state index < -0.39 is 24.4 Å². The van der Waals surface area contributed by atoms with Crippen molar-refractivity contribution in [2.24, 2.45) is 5.92 Å². The van der Waals surface area contributed by atoms with Crippen molar-refractivity contribution in [3.63, 3.8) is 0 Å². The van der Waals surface area contributed by atoms with Gasteiger partial charge in [0.25, 0.3) is 5.91 Å². The smallest absolute Gasteiger partial charge is 0.311 e. The molecule has 2 amide bonds. The average molecular weight is 435 g/mol. The van der Waals surface area contributed by atoms with Crippen molar-refractivity contribution in [1.82, 2.24) is 0 Å². The first-order chi connectivity index (χ1) is 13.7. The molecule has 0 saturated carbocycles. The van der Waals surface area contributed by atoms with Crippen LogP contribution in [0.2, 0.25) is 10.0 Å². The zero-order valence-corrected chi connectivity index (χ0v) is 17.5. The summed E-state index contributed by atoms with van der Waals surface area (Å²) < 4.78 is 5.11. The van der Waals surface area contributed by atoms with Gasteiger partial charge in [0.2, 0.25) is 5.91 Å². The molecule has 2 aromatic carbocycles. The summed E-state index contributed by atoms with van der Waals surface area (Å²) in [5, 5.41) is 3.32. The van der Waals surface area contributed by atoms with Gasteiger partial charge in [0.15, 0.2) is 6.61 Å². The van der Waals surface area contributed by atoms with Gasteiger partial charge in [-0.25, -0.2) is 0 Å². The summed E-state index contributed by atoms with van der Waals surface area (Å²) in [6.45, 7) is 3.68. The average Bonchev–Trinajstić information content (AvgIpc) is 3.03. The monoisotopic (exact) mass is 434 g/mol. The fourth-order valence-electron chi connectivity index (χ4n) is 3.20. The van der Waals surface area contributed by atoms with E-state index in [4.69, 9.17) is 27.9 Å². The van der Waals surface area contributed by atoms with Crippen LogP contribution in [-0.4, -0.2) is 30.9 Å². The number of halogens is 2. The van der Waals surface area contributed by atoms with Crippen LogP contribution >= 0.6 is 23.2 Å². The predicted molar refractivity (Wildman–Crippen MR) is 112 cm³/mol. The van der Waals surface area contributed by atoms with Gasteiger partial charge in [0.1, 0.15) is 0 Å². The number of hydrogen-bond donors (Lipinski definition) is 1. The molecule has 1 N–H and O–H groups in total. The van der Waals surface area contributed by atoms with Gasteiger partial charge < -0.3 is 15.0 Å². The van der Waals surface area contributed by atoms with Crippen LogP contribution in [-0.2, 0) is 19.1 Å². The Bertz CT molecular complexity index is 957. The Kier molecular flexibility index (Phi) is 6.45. The van der Waals surface area contributed by atoms with Gasteiger partial charge in [-0.15, -0.1) is 0 Å². The lowest BCUT2D eigenvalue weighted by molar-refractivity contribution is -0.151. The van der Waals surface area contributed by atoms with Crippen LogP contribution in [0, 0.1) is 19.8 Å².